The number of hydrogen-bond acceptors (Lipinski definition) is 3. The normalized spacial score (nSPS) is 13.6. The Morgan fingerprint density at radius 3 is 2.62 bits per heavy atom. The van der Waals surface area contributed by atoms with Gasteiger partial charge in [0.25, 0.3) is 0 Å². The molecule has 0 rings (SSSR count). The Morgan fingerprint density at radius 2 is 2.12 bits per heavy atom. The maximum Gasteiger partial charge on any atom is 0.411 e. The fourth-order valence-corrected chi connectivity index (χ4v) is 0.921. The second kappa shape index (κ2) is 7.45. The molecular formula is C9H16F3NO3. The van der Waals surface area contributed by atoms with Crippen molar-refractivity contribution < 1.29 is 27.8 Å². The minimum Gasteiger partial charge on any atom is -0.396 e. The first kappa shape index (κ1) is 15.2. The van der Waals surface area contributed by atoms with E-state index < -0.39 is 25.3 Å². The lowest BCUT2D eigenvalue weighted by Gasteiger charge is -2.11. The molecule has 7 heteroatoms. The van der Waals surface area contributed by atoms with E-state index in [1.165, 1.54) is 0 Å². The van der Waals surface area contributed by atoms with Crippen molar-refractivity contribution in [2.45, 2.75) is 19.5 Å². The summed E-state index contributed by atoms with van der Waals surface area (Å²) >= 11 is 0. The number of rotatable bonds is 7. The van der Waals surface area contributed by atoms with Crippen LogP contribution in [0.2, 0.25) is 0 Å². The van der Waals surface area contributed by atoms with Crippen molar-refractivity contribution in [3.8, 4) is 0 Å². The number of carbonyl (C=O) groups is 1. The smallest absolute Gasteiger partial charge is 0.396 e. The number of hydrogen-bond donors (Lipinski definition) is 2. The Morgan fingerprint density at radius 1 is 1.50 bits per heavy atom. The summed E-state index contributed by atoms with van der Waals surface area (Å²) in [5, 5.41) is 11.0. The summed E-state index contributed by atoms with van der Waals surface area (Å²) in [5.74, 6) is -0.509. The van der Waals surface area contributed by atoms with E-state index in [1.807, 2.05) is 6.92 Å². The molecule has 0 aliphatic rings. The van der Waals surface area contributed by atoms with Gasteiger partial charge in [-0.15, -0.1) is 0 Å². The van der Waals surface area contributed by atoms with Gasteiger partial charge in [-0.3, -0.25) is 4.79 Å². The predicted molar refractivity (Wildman–Crippen MR) is 50.8 cm³/mol. The van der Waals surface area contributed by atoms with E-state index in [4.69, 9.17) is 5.11 Å². The van der Waals surface area contributed by atoms with Crippen LogP contribution < -0.4 is 5.32 Å². The number of carbonyl (C=O) groups excluding carboxylic acids is 1. The average Bonchev–Trinajstić information content (AvgIpc) is 2.13. The third-order valence-corrected chi connectivity index (χ3v) is 1.77. The molecule has 96 valence electrons. The first-order chi connectivity index (χ1) is 7.35. The molecule has 4 nitrogen and oxygen atoms in total. The molecule has 0 aromatic rings. The van der Waals surface area contributed by atoms with Crippen LogP contribution >= 0.6 is 0 Å². The van der Waals surface area contributed by atoms with E-state index in [-0.39, 0.29) is 12.5 Å². The maximum absolute atomic E-state index is 11.6. The third-order valence-electron chi connectivity index (χ3n) is 1.77. The van der Waals surface area contributed by atoms with E-state index in [0.717, 1.165) is 0 Å². The number of alkyl halides is 3. The van der Waals surface area contributed by atoms with Crippen LogP contribution in [0.4, 0.5) is 13.2 Å². The molecule has 16 heavy (non-hydrogen) atoms. The Kier molecular flexibility index (Phi) is 7.07. The van der Waals surface area contributed by atoms with Crippen LogP contribution in [0.15, 0.2) is 0 Å². The average molecular weight is 243 g/mol. The Bertz CT molecular complexity index is 209. The SMILES string of the molecule is CC(CCO)CNC(=O)COCC(F)(F)F. The monoisotopic (exact) mass is 243 g/mol. The van der Waals surface area contributed by atoms with Crippen LogP contribution in [-0.4, -0.2) is 43.6 Å². The molecule has 1 unspecified atom stereocenters. The number of aliphatic hydroxyl groups excluding tert-OH is 1. The molecule has 0 bridgehead atoms. The highest BCUT2D eigenvalue weighted by Crippen LogP contribution is 2.13. The summed E-state index contributed by atoms with van der Waals surface area (Å²) in [5.41, 5.74) is 0. The molecule has 2 N–H and O–H groups in total. The van der Waals surface area contributed by atoms with Gasteiger partial charge < -0.3 is 15.2 Å². The largest absolute Gasteiger partial charge is 0.411 e. The Hall–Kier alpha value is -0.820. The van der Waals surface area contributed by atoms with Crippen LogP contribution in [0.25, 0.3) is 0 Å². The zero-order valence-electron chi connectivity index (χ0n) is 9.01. The van der Waals surface area contributed by atoms with Gasteiger partial charge in [0.2, 0.25) is 5.91 Å². The lowest BCUT2D eigenvalue weighted by molar-refractivity contribution is -0.175. The zero-order chi connectivity index (χ0) is 12.6. The zero-order valence-corrected chi connectivity index (χ0v) is 9.01. The molecule has 0 heterocycles. The van der Waals surface area contributed by atoms with Gasteiger partial charge in [-0.25, -0.2) is 0 Å². The van der Waals surface area contributed by atoms with Gasteiger partial charge in [-0.1, -0.05) is 6.92 Å². The van der Waals surface area contributed by atoms with E-state index in [0.29, 0.717) is 13.0 Å². The topological polar surface area (TPSA) is 58.6 Å². The molecule has 0 aromatic heterocycles. The van der Waals surface area contributed by atoms with Crippen molar-refractivity contribution in [2.24, 2.45) is 5.92 Å². The molecule has 0 saturated carbocycles. The van der Waals surface area contributed by atoms with Crippen molar-refractivity contribution in [1.82, 2.24) is 5.32 Å². The summed E-state index contributed by atoms with van der Waals surface area (Å²) in [7, 11) is 0. The minimum atomic E-state index is -4.41. The Balaban J connectivity index is 3.52. The van der Waals surface area contributed by atoms with Gasteiger partial charge in [0.1, 0.15) is 13.2 Å². The predicted octanol–water partition coefficient (Wildman–Crippen LogP) is 0.700. The van der Waals surface area contributed by atoms with Crippen LogP contribution in [0, 0.1) is 5.92 Å². The van der Waals surface area contributed by atoms with Gasteiger partial charge in [0, 0.05) is 13.2 Å². The van der Waals surface area contributed by atoms with E-state index >= 15 is 0 Å². The van der Waals surface area contributed by atoms with E-state index in [2.05, 4.69) is 10.1 Å². The van der Waals surface area contributed by atoms with Crippen LogP contribution in [-0.2, 0) is 9.53 Å². The fourth-order valence-electron chi connectivity index (χ4n) is 0.921. The van der Waals surface area contributed by atoms with Crippen molar-refractivity contribution in [3.63, 3.8) is 0 Å². The van der Waals surface area contributed by atoms with E-state index in [1.54, 1.807) is 0 Å². The molecule has 1 atom stereocenters. The summed E-state index contributed by atoms with van der Waals surface area (Å²) in [4.78, 5) is 11.0. The van der Waals surface area contributed by atoms with Crippen molar-refractivity contribution in [2.75, 3.05) is 26.4 Å². The standard InChI is InChI=1S/C9H16F3NO3/c1-7(2-3-14)4-13-8(15)5-16-6-9(10,11)12/h7,14H,2-6H2,1H3,(H,13,15). The van der Waals surface area contributed by atoms with Gasteiger partial charge in [0.15, 0.2) is 0 Å². The van der Waals surface area contributed by atoms with Gasteiger partial charge in [0.05, 0.1) is 0 Å². The highest BCUT2D eigenvalue weighted by molar-refractivity contribution is 5.77. The number of ether oxygens (including phenoxy) is 1. The molecule has 0 saturated heterocycles. The van der Waals surface area contributed by atoms with Crippen LogP contribution in [0.1, 0.15) is 13.3 Å². The molecule has 0 spiro atoms. The first-order valence-electron chi connectivity index (χ1n) is 4.87. The molecule has 0 fully saturated rings. The minimum absolute atomic E-state index is 0.0155. The Labute approximate surface area is 91.8 Å². The number of aliphatic hydroxyl groups is 1. The molecule has 0 aromatic carbocycles. The number of amides is 1. The fraction of sp³-hybridized carbons (Fsp3) is 0.889. The first-order valence-corrected chi connectivity index (χ1v) is 4.87. The lowest BCUT2D eigenvalue weighted by Crippen LogP contribution is -2.33. The highest BCUT2D eigenvalue weighted by Gasteiger charge is 2.27. The molecule has 0 radical (unpaired) electrons. The summed E-state index contributed by atoms with van der Waals surface area (Å²) in [6, 6.07) is 0. The highest BCUT2D eigenvalue weighted by atomic mass is 19.4. The third kappa shape index (κ3) is 9.72. The second-order valence-corrected chi connectivity index (χ2v) is 3.53. The van der Waals surface area contributed by atoms with Crippen LogP contribution in [0.5, 0.6) is 0 Å². The second-order valence-electron chi connectivity index (χ2n) is 3.53. The maximum atomic E-state index is 11.6. The number of nitrogens with one attached hydrogen (secondary N) is 1. The number of halogens is 3. The van der Waals surface area contributed by atoms with Crippen LogP contribution in [0.3, 0.4) is 0 Å². The summed E-state index contributed by atoms with van der Waals surface area (Å²) in [6.07, 6.45) is -3.88. The molecular weight excluding hydrogens is 227 g/mol. The molecule has 1 amide bonds. The molecule has 0 aliphatic heterocycles. The van der Waals surface area contributed by atoms with Crippen molar-refractivity contribution in [1.29, 1.82) is 0 Å². The quantitative estimate of drug-likeness (QED) is 0.692. The summed E-state index contributed by atoms with van der Waals surface area (Å²) < 4.78 is 39.1. The van der Waals surface area contributed by atoms with E-state index in [9.17, 15) is 18.0 Å². The van der Waals surface area contributed by atoms with Crippen molar-refractivity contribution >= 4 is 5.91 Å². The van der Waals surface area contributed by atoms with Gasteiger partial charge in [-0.05, 0) is 12.3 Å². The summed E-state index contributed by atoms with van der Waals surface area (Å²) in [6.45, 7) is 0.113. The van der Waals surface area contributed by atoms with Gasteiger partial charge in [-0.2, -0.15) is 13.2 Å². The van der Waals surface area contributed by atoms with Crippen molar-refractivity contribution in [3.05, 3.63) is 0 Å². The molecule has 0 aliphatic carbocycles. The lowest BCUT2D eigenvalue weighted by atomic mass is 10.1. The van der Waals surface area contributed by atoms with Gasteiger partial charge >= 0.3 is 6.18 Å².